The van der Waals surface area contributed by atoms with Gasteiger partial charge in [-0.25, -0.2) is 0 Å². The quantitative estimate of drug-likeness (QED) is 0.380. The van der Waals surface area contributed by atoms with E-state index in [9.17, 15) is 0 Å². The van der Waals surface area contributed by atoms with Crippen molar-refractivity contribution >= 4 is 9.53 Å². The second-order valence-corrected chi connectivity index (χ2v) is 0.671. The number of nitriles is 2. The summed E-state index contributed by atoms with van der Waals surface area (Å²) in [6.45, 7) is 2.86. The van der Waals surface area contributed by atoms with E-state index in [0.29, 0.717) is 0 Å². The number of nitrogens with zero attached hydrogens (tertiary/aromatic N) is 3. The summed E-state index contributed by atoms with van der Waals surface area (Å²) in [4.78, 5) is 8.25. The predicted molar refractivity (Wildman–Crippen MR) is 38.8 cm³/mol. The Morgan fingerprint density at radius 1 is 1.25 bits per heavy atom. The molecule has 0 rings (SSSR count). The minimum atomic E-state index is -1.75. The van der Waals surface area contributed by atoms with Crippen molar-refractivity contribution in [3.8, 4) is 12.1 Å². The molecule has 0 saturated heterocycles. The second-order valence-electron chi connectivity index (χ2n) is 0.671. The topological polar surface area (TPSA) is 114 Å². The number of halogens is 1. The van der Waals surface area contributed by atoms with E-state index < -0.39 is 5.09 Å². The summed E-state index contributed by atoms with van der Waals surface area (Å²) in [5, 5.41) is 29.4. The molecule has 0 saturated carbocycles. The van der Waals surface area contributed by atoms with Crippen molar-refractivity contribution in [2.45, 2.75) is 13.8 Å². The maximum absolute atomic E-state index is 8.25. The van der Waals surface area contributed by atoms with Gasteiger partial charge in [0.25, 0.3) is 0 Å². The fourth-order valence-corrected chi connectivity index (χ4v) is 0. The van der Waals surface area contributed by atoms with Gasteiger partial charge in [0.2, 0.25) is 0 Å². The molecule has 0 aromatic carbocycles. The first-order valence-electron chi connectivity index (χ1n) is 2.11. The van der Waals surface area contributed by atoms with E-state index in [1.165, 1.54) is 13.8 Å². The van der Waals surface area contributed by atoms with Crippen LogP contribution in [-0.4, -0.2) is 5.09 Å². The number of rotatable bonds is 0. The van der Waals surface area contributed by atoms with Crippen molar-refractivity contribution in [3.63, 3.8) is 0 Å². The van der Waals surface area contributed by atoms with Gasteiger partial charge in [0.05, 0.1) is 17.2 Å². The van der Waals surface area contributed by atoms with Gasteiger partial charge < -0.3 is 15.3 Å². The molecular formula is C4H6ClN3O3Pd. The van der Waals surface area contributed by atoms with E-state index >= 15 is 0 Å². The molecule has 12 heavy (non-hydrogen) atoms. The van der Waals surface area contributed by atoms with Crippen LogP contribution < -0.4 is 0 Å². The first-order chi connectivity index (χ1) is 5.56. The Labute approximate surface area is 84.8 Å². The molecule has 0 amide bonds. The number of hydrogen-bond donors (Lipinski definition) is 0. The monoisotopic (exact) mass is 285 g/mol. The molecule has 0 aromatic heterocycles. The van der Waals surface area contributed by atoms with Crippen molar-refractivity contribution in [1.29, 1.82) is 10.5 Å². The molecular weight excluding hydrogens is 280 g/mol. The Kier molecular flexibility index (Phi) is 92.6. The zero-order valence-corrected chi connectivity index (χ0v) is 8.57. The summed E-state index contributed by atoms with van der Waals surface area (Å²) in [5.41, 5.74) is 0. The summed E-state index contributed by atoms with van der Waals surface area (Å²) < 4.78 is 0. The first-order valence-corrected chi connectivity index (χ1v) is 4.12. The fourth-order valence-electron chi connectivity index (χ4n) is 0. The summed E-state index contributed by atoms with van der Waals surface area (Å²) in [6.07, 6.45) is 0. The van der Waals surface area contributed by atoms with Crippen LogP contribution in [0.5, 0.6) is 0 Å². The Balaban J connectivity index is -0.0000000368. The van der Waals surface area contributed by atoms with Crippen molar-refractivity contribution in [2.75, 3.05) is 0 Å². The van der Waals surface area contributed by atoms with Crippen LogP contribution in [-0.2, 0) is 18.2 Å². The predicted octanol–water partition coefficient (Wildman–Crippen LogP) is 1.51. The van der Waals surface area contributed by atoms with Crippen molar-refractivity contribution in [3.05, 3.63) is 15.3 Å². The Hall–Kier alpha value is -0.868. The van der Waals surface area contributed by atoms with Gasteiger partial charge in [-0.15, -0.1) is 0 Å². The van der Waals surface area contributed by atoms with Gasteiger partial charge in [-0.1, -0.05) is 0 Å². The van der Waals surface area contributed by atoms with E-state index in [4.69, 9.17) is 25.8 Å². The molecule has 0 fully saturated rings. The zero-order valence-electron chi connectivity index (χ0n) is 6.26. The minimum absolute atomic E-state index is 1.43. The van der Waals surface area contributed by atoms with Crippen LogP contribution in [0.2, 0.25) is 0 Å². The van der Waals surface area contributed by atoms with Crippen LogP contribution in [0.3, 0.4) is 0 Å². The molecule has 0 aliphatic heterocycles. The van der Waals surface area contributed by atoms with Gasteiger partial charge in [0.1, 0.15) is 0 Å². The van der Waals surface area contributed by atoms with Crippen LogP contribution in [0.25, 0.3) is 0 Å². The number of hydrogen-bond acceptors (Lipinski definition) is 5. The standard InChI is InChI=1S/2C2H3N.ClH.NO3.Pd/c2*1-2-3;;2-1(3)4;/h2*1H3;1H;;/q;;;-1;+2/p-1. The molecule has 6 nitrogen and oxygen atoms in total. The van der Waals surface area contributed by atoms with Gasteiger partial charge in [0.15, 0.2) is 0 Å². The van der Waals surface area contributed by atoms with Crippen LogP contribution in [0.1, 0.15) is 13.8 Å². The Morgan fingerprint density at radius 3 is 1.25 bits per heavy atom. The summed E-state index contributed by atoms with van der Waals surface area (Å²) in [6, 6.07) is 3.50. The van der Waals surface area contributed by atoms with Gasteiger partial charge in [-0.2, -0.15) is 10.5 Å². The molecule has 72 valence electrons. The average Bonchev–Trinajstić information content (AvgIpc) is 1.92. The van der Waals surface area contributed by atoms with E-state index in [0.717, 1.165) is 0 Å². The van der Waals surface area contributed by atoms with Gasteiger partial charge in [-0.3, -0.25) is 0 Å². The van der Waals surface area contributed by atoms with Crippen molar-refractivity contribution in [1.82, 2.24) is 0 Å². The van der Waals surface area contributed by atoms with E-state index in [2.05, 4.69) is 27.7 Å². The summed E-state index contributed by atoms with van der Waals surface area (Å²) >= 11 is 2.22. The van der Waals surface area contributed by atoms with Gasteiger partial charge in [-0.05, 0) is 0 Å². The SMILES string of the molecule is CC#N.CC#N.O=[N+]([O-])[O-].[Cl][Pd+]. The van der Waals surface area contributed by atoms with Crippen LogP contribution in [0.4, 0.5) is 0 Å². The van der Waals surface area contributed by atoms with Gasteiger partial charge >= 0.3 is 27.7 Å². The zero-order chi connectivity index (χ0) is 11.0. The van der Waals surface area contributed by atoms with E-state index in [1.54, 1.807) is 12.1 Å². The molecule has 0 radical (unpaired) electrons. The molecule has 0 bridgehead atoms. The Morgan fingerprint density at radius 2 is 1.25 bits per heavy atom. The normalized spacial score (nSPS) is 3.92. The summed E-state index contributed by atoms with van der Waals surface area (Å²) in [5.74, 6) is 0. The molecule has 0 spiro atoms. The molecule has 0 heterocycles. The first kappa shape index (κ1) is 22.5. The molecule has 0 aliphatic carbocycles. The van der Waals surface area contributed by atoms with Crippen LogP contribution >= 0.6 is 9.53 Å². The second kappa shape index (κ2) is 49.5. The van der Waals surface area contributed by atoms with E-state index in [1.807, 2.05) is 0 Å². The molecule has 0 unspecified atom stereocenters. The van der Waals surface area contributed by atoms with Crippen molar-refractivity contribution < 1.29 is 23.3 Å². The molecule has 8 heteroatoms. The van der Waals surface area contributed by atoms with Crippen LogP contribution in [0, 0.1) is 38.0 Å². The fraction of sp³-hybridized carbons (Fsp3) is 0.500. The molecule has 0 aliphatic rings. The third-order valence-corrected chi connectivity index (χ3v) is 0. The van der Waals surface area contributed by atoms with E-state index in [-0.39, 0.29) is 0 Å². The summed E-state index contributed by atoms with van der Waals surface area (Å²) in [7, 11) is 4.49. The third kappa shape index (κ3) is 802. The molecule has 0 N–H and O–H groups in total. The van der Waals surface area contributed by atoms with Crippen molar-refractivity contribution in [2.24, 2.45) is 0 Å². The Bertz CT molecular complexity index is 137. The molecule has 0 atom stereocenters. The third-order valence-electron chi connectivity index (χ3n) is 0. The maximum atomic E-state index is 8.25. The average molecular weight is 286 g/mol. The van der Waals surface area contributed by atoms with Crippen LogP contribution in [0.15, 0.2) is 0 Å². The molecule has 0 aromatic rings. The van der Waals surface area contributed by atoms with Gasteiger partial charge in [0, 0.05) is 13.8 Å².